The van der Waals surface area contributed by atoms with Gasteiger partial charge in [-0.3, -0.25) is 0 Å². The topological polar surface area (TPSA) is 32.8 Å². The lowest BCUT2D eigenvalue weighted by Gasteiger charge is -2.30. The molecule has 1 heterocycles. The minimum atomic E-state index is -0.329. The molecule has 5 heteroatoms. The fourth-order valence-corrected chi connectivity index (χ4v) is 3.82. The van der Waals surface area contributed by atoms with Gasteiger partial charge in [0.2, 0.25) is 0 Å². The third kappa shape index (κ3) is 5.47. The normalized spacial score (nSPS) is 15.5. The fraction of sp³-hybridized carbons (Fsp3) is 0.409. The molecule has 0 N–H and O–H groups in total. The molecule has 1 saturated heterocycles. The summed E-state index contributed by atoms with van der Waals surface area (Å²) < 4.78 is 5.53. The Labute approximate surface area is 166 Å². The lowest BCUT2D eigenvalue weighted by molar-refractivity contribution is 0.0872. The van der Waals surface area contributed by atoms with E-state index in [-0.39, 0.29) is 18.7 Å². The number of rotatable bonds is 7. The molecule has 1 fully saturated rings. The summed E-state index contributed by atoms with van der Waals surface area (Å²) in [6, 6.07) is 17.4. The largest absolute Gasteiger partial charge is 0.445 e. The minimum absolute atomic E-state index is 0.109. The zero-order chi connectivity index (χ0) is 19.1. The van der Waals surface area contributed by atoms with Gasteiger partial charge in [-0.05, 0) is 49.5 Å². The van der Waals surface area contributed by atoms with Crippen LogP contribution in [0.25, 0.3) is 0 Å². The second kappa shape index (κ2) is 9.77. The highest BCUT2D eigenvalue weighted by Gasteiger charge is 2.26. The van der Waals surface area contributed by atoms with Crippen LogP contribution in [0, 0.1) is 0 Å². The van der Waals surface area contributed by atoms with Gasteiger partial charge in [-0.15, -0.1) is 0 Å². The first kappa shape index (κ1) is 19.7. The van der Waals surface area contributed by atoms with Gasteiger partial charge in [0.25, 0.3) is 0 Å². The maximum Gasteiger partial charge on any atom is 0.410 e. The number of nitrogens with zero attached hydrogens (tertiary/aromatic N) is 2. The molecular formula is C22H27ClN2O2. The number of hydrogen-bond acceptors (Lipinski definition) is 3. The van der Waals surface area contributed by atoms with Gasteiger partial charge in [-0.2, -0.15) is 0 Å². The van der Waals surface area contributed by atoms with Crippen LogP contribution in [-0.2, 0) is 11.3 Å². The average molecular weight is 387 g/mol. The molecule has 0 saturated carbocycles. The number of benzene rings is 2. The molecule has 1 atom stereocenters. The molecule has 1 aliphatic rings. The van der Waals surface area contributed by atoms with E-state index in [2.05, 4.69) is 4.90 Å². The van der Waals surface area contributed by atoms with Crippen molar-refractivity contribution < 1.29 is 9.53 Å². The van der Waals surface area contributed by atoms with Gasteiger partial charge in [-0.25, -0.2) is 4.79 Å². The Morgan fingerprint density at radius 2 is 1.78 bits per heavy atom. The Balaban J connectivity index is 1.68. The Bertz CT molecular complexity index is 732. The minimum Gasteiger partial charge on any atom is -0.445 e. The van der Waals surface area contributed by atoms with E-state index in [9.17, 15) is 4.79 Å². The molecule has 0 spiro atoms. The highest BCUT2D eigenvalue weighted by Crippen LogP contribution is 2.30. The van der Waals surface area contributed by atoms with Gasteiger partial charge in [0.1, 0.15) is 6.61 Å². The number of halogens is 1. The number of amides is 1. The van der Waals surface area contributed by atoms with Crippen molar-refractivity contribution in [3.63, 3.8) is 0 Å². The van der Waals surface area contributed by atoms with Crippen molar-refractivity contribution in [2.45, 2.75) is 31.9 Å². The summed E-state index contributed by atoms with van der Waals surface area (Å²) in [5.74, 6) is 0. The second-order valence-corrected chi connectivity index (χ2v) is 7.43. The second-order valence-electron chi connectivity index (χ2n) is 7.03. The molecule has 1 aliphatic heterocycles. The molecule has 2 aromatic carbocycles. The van der Waals surface area contributed by atoms with Crippen LogP contribution in [0.4, 0.5) is 4.79 Å². The number of carbonyl (C=O) groups excluding carboxylic acids is 1. The van der Waals surface area contributed by atoms with E-state index < -0.39 is 0 Å². The molecule has 0 aliphatic carbocycles. The SMILES string of the molecule is CN(C(=O)OCc1ccccc1)[C@H](CCN1CCCC1)c1ccccc1Cl. The van der Waals surface area contributed by atoms with E-state index in [0.29, 0.717) is 5.02 Å². The molecule has 4 nitrogen and oxygen atoms in total. The molecular weight excluding hydrogens is 360 g/mol. The molecule has 2 aromatic rings. The van der Waals surface area contributed by atoms with Crippen LogP contribution in [0.5, 0.6) is 0 Å². The van der Waals surface area contributed by atoms with Gasteiger partial charge in [0, 0.05) is 18.6 Å². The van der Waals surface area contributed by atoms with E-state index in [1.807, 2.05) is 54.6 Å². The Kier molecular flexibility index (Phi) is 7.13. The van der Waals surface area contributed by atoms with Crippen LogP contribution in [-0.4, -0.2) is 42.6 Å². The van der Waals surface area contributed by atoms with E-state index in [4.69, 9.17) is 16.3 Å². The standard InChI is InChI=1S/C22H27ClN2O2/c1-24(22(26)27-17-18-9-3-2-4-10-18)21(13-16-25-14-7-8-15-25)19-11-5-6-12-20(19)23/h2-6,9-12,21H,7-8,13-17H2,1H3/t21-/m1/s1. The lowest BCUT2D eigenvalue weighted by atomic mass is 10.0. The summed E-state index contributed by atoms with van der Waals surface area (Å²) in [5.41, 5.74) is 1.95. The zero-order valence-electron chi connectivity index (χ0n) is 15.8. The van der Waals surface area contributed by atoms with Crippen molar-refractivity contribution in [2.75, 3.05) is 26.7 Å². The van der Waals surface area contributed by atoms with Crippen LogP contribution in [0.3, 0.4) is 0 Å². The Morgan fingerprint density at radius 3 is 2.48 bits per heavy atom. The highest BCUT2D eigenvalue weighted by molar-refractivity contribution is 6.31. The van der Waals surface area contributed by atoms with Crippen LogP contribution in [0.15, 0.2) is 54.6 Å². The predicted molar refractivity (Wildman–Crippen MR) is 109 cm³/mol. The molecule has 0 unspecified atom stereocenters. The third-order valence-electron chi connectivity index (χ3n) is 5.14. The molecule has 0 aromatic heterocycles. The molecule has 3 rings (SSSR count). The summed E-state index contributed by atoms with van der Waals surface area (Å²) in [6.07, 6.45) is 3.02. The summed E-state index contributed by atoms with van der Waals surface area (Å²) in [5, 5.41) is 0.687. The zero-order valence-corrected chi connectivity index (χ0v) is 16.6. The van der Waals surface area contributed by atoms with Gasteiger partial charge < -0.3 is 14.5 Å². The first-order chi connectivity index (χ1) is 13.1. The van der Waals surface area contributed by atoms with Crippen molar-refractivity contribution >= 4 is 17.7 Å². The maximum absolute atomic E-state index is 12.7. The van der Waals surface area contributed by atoms with Crippen molar-refractivity contribution in [1.29, 1.82) is 0 Å². The van der Waals surface area contributed by atoms with Crippen molar-refractivity contribution in [1.82, 2.24) is 9.80 Å². The van der Waals surface area contributed by atoms with Crippen LogP contribution >= 0.6 is 11.6 Å². The smallest absolute Gasteiger partial charge is 0.410 e. The van der Waals surface area contributed by atoms with Crippen molar-refractivity contribution in [2.24, 2.45) is 0 Å². The first-order valence-electron chi connectivity index (χ1n) is 9.55. The molecule has 144 valence electrons. The van der Waals surface area contributed by atoms with Gasteiger partial charge in [-0.1, -0.05) is 60.1 Å². The summed E-state index contributed by atoms with van der Waals surface area (Å²) in [4.78, 5) is 16.8. The van der Waals surface area contributed by atoms with E-state index >= 15 is 0 Å². The Morgan fingerprint density at radius 1 is 1.11 bits per heavy atom. The quantitative estimate of drug-likeness (QED) is 0.660. The number of ether oxygens (including phenoxy) is 1. The van der Waals surface area contributed by atoms with Crippen LogP contribution in [0.1, 0.15) is 36.4 Å². The van der Waals surface area contributed by atoms with E-state index in [0.717, 1.165) is 37.2 Å². The third-order valence-corrected chi connectivity index (χ3v) is 5.49. The maximum atomic E-state index is 12.7. The van der Waals surface area contributed by atoms with E-state index in [1.54, 1.807) is 11.9 Å². The molecule has 1 amide bonds. The lowest BCUT2D eigenvalue weighted by Crippen LogP contribution is -2.34. The average Bonchev–Trinajstić information content (AvgIpc) is 3.21. The summed E-state index contributed by atoms with van der Waals surface area (Å²) >= 11 is 6.44. The molecule has 27 heavy (non-hydrogen) atoms. The number of likely N-dealkylation sites (tertiary alicyclic amines) is 1. The molecule has 0 radical (unpaired) electrons. The first-order valence-corrected chi connectivity index (χ1v) is 9.93. The predicted octanol–water partition coefficient (Wildman–Crippen LogP) is 5.14. The summed E-state index contributed by atoms with van der Waals surface area (Å²) in [6.45, 7) is 3.49. The van der Waals surface area contributed by atoms with Crippen LogP contribution < -0.4 is 0 Å². The fourth-order valence-electron chi connectivity index (χ4n) is 3.56. The van der Waals surface area contributed by atoms with E-state index in [1.165, 1.54) is 12.8 Å². The molecule has 0 bridgehead atoms. The Hall–Kier alpha value is -2.04. The van der Waals surface area contributed by atoms with Gasteiger partial charge in [0.15, 0.2) is 0 Å². The summed E-state index contributed by atoms with van der Waals surface area (Å²) in [7, 11) is 1.80. The van der Waals surface area contributed by atoms with Gasteiger partial charge in [0.05, 0.1) is 6.04 Å². The van der Waals surface area contributed by atoms with Crippen LogP contribution in [0.2, 0.25) is 5.02 Å². The highest BCUT2D eigenvalue weighted by atomic mass is 35.5. The van der Waals surface area contributed by atoms with Crippen molar-refractivity contribution in [3.8, 4) is 0 Å². The number of hydrogen-bond donors (Lipinski definition) is 0. The number of carbonyl (C=O) groups is 1. The van der Waals surface area contributed by atoms with Crippen molar-refractivity contribution in [3.05, 3.63) is 70.7 Å². The van der Waals surface area contributed by atoms with Gasteiger partial charge >= 0.3 is 6.09 Å². The monoisotopic (exact) mass is 386 g/mol.